The Hall–Kier alpha value is -2.72. The maximum absolute atomic E-state index is 5.83. The maximum Gasteiger partial charge on any atom is 0.0393 e. The van der Waals surface area contributed by atoms with Crippen molar-refractivity contribution in [1.82, 2.24) is 0 Å². The molecule has 1 radical (unpaired) electrons. The number of hydrogen-bond donors (Lipinski definition) is 1. The van der Waals surface area contributed by atoms with Gasteiger partial charge < -0.3 is 18.1 Å². The first-order chi connectivity index (χ1) is 15.8. The van der Waals surface area contributed by atoms with Crippen molar-refractivity contribution >= 4 is 29.5 Å². The minimum Gasteiger partial charge on any atom is -1.00 e. The zero-order valence-electron chi connectivity index (χ0n) is 18.5. The van der Waals surface area contributed by atoms with Gasteiger partial charge in [0.1, 0.15) is 0 Å². The Morgan fingerprint density at radius 3 is 1.32 bits per heavy atom. The molecular weight excluding hydrogens is 547 g/mol. The summed E-state index contributed by atoms with van der Waals surface area (Å²) in [7, 11) is -0.446. The summed E-state index contributed by atoms with van der Waals surface area (Å²) in [5.41, 5.74) is 8.72. The number of anilines is 1. The van der Waals surface area contributed by atoms with Gasteiger partial charge in [-0.1, -0.05) is 133 Å². The Morgan fingerprint density at radius 2 is 0.912 bits per heavy atom. The molecule has 0 fully saturated rings. The van der Waals surface area contributed by atoms with Gasteiger partial charge in [-0.25, -0.2) is 0 Å². The summed E-state index contributed by atoms with van der Waals surface area (Å²) in [5, 5.41) is 4.19. The second-order valence-electron chi connectivity index (χ2n) is 7.21. The molecule has 0 saturated carbocycles. The molecular formula is C30H25ClNPPd-. The Kier molecular flexibility index (Phi) is 11.8. The SMILES string of the molecule is Nc1ccccc1-c1[c]cccc1.[Cl-].[Pd].c1ccc(P(c2ccccc2)c2ccccc2)cc1. The van der Waals surface area contributed by atoms with Gasteiger partial charge in [0.25, 0.3) is 0 Å². The minimum absolute atomic E-state index is 0. The molecule has 5 rings (SSSR count). The van der Waals surface area contributed by atoms with E-state index in [4.69, 9.17) is 5.73 Å². The molecule has 0 aliphatic carbocycles. The molecule has 1 nitrogen and oxygen atoms in total. The van der Waals surface area contributed by atoms with Crippen molar-refractivity contribution in [3.63, 3.8) is 0 Å². The molecule has 0 bridgehead atoms. The normalized spacial score (nSPS) is 9.68. The van der Waals surface area contributed by atoms with Gasteiger partial charge in [0, 0.05) is 31.7 Å². The van der Waals surface area contributed by atoms with Gasteiger partial charge in [0.05, 0.1) is 0 Å². The molecule has 2 N–H and O–H groups in total. The van der Waals surface area contributed by atoms with Gasteiger partial charge in [-0.3, -0.25) is 0 Å². The van der Waals surface area contributed by atoms with Crippen LogP contribution < -0.4 is 34.1 Å². The zero-order chi connectivity index (χ0) is 22.0. The smallest absolute Gasteiger partial charge is 0.0393 e. The third-order valence-electron chi connectivity index (χ3n) is 5.00. The van der Waals surface area contributed by atoms with E-state index in [1.807, 2.05) is 48.5 Å². The van der Waals surface area contributed by atoms with Crippen molar-refractivity contribution < 1.29 is 32.8 Å². The number of halogens is 1. The van der Waals surface area contributed by atoms with Crippen LogP contribution in [0.15, 0.2) is 140 Å². The second kappa shape index (κ2) is 14.5. The summed E-state index contributed by atoms with van der Waals surface area (Å²) in [4.78, 5) is 0. The summed E-state index contributed by atoms with van der Waals surface area (Å²) in [6, 6.07) is 51.1. The molecule has 0 amide bonds. The van der Waals surface area contributed by atoms with Crippen LogP contribution in [0, 0.1) is 6.07 Å². The van der Waals surface area contributed by atoms with Crippen LogP contribution in [0.25, 0.3) is 11.1 Å². The van der Waals surface area contributed by atoms with Crippen LogP contribution in [0.5, 0.6) is 0 Å². The minimum atomic E-state index is -0.446. The molecule has 0 atom stereocenters. The molecule has 5 aromatic carbocycles. The molecule has 0 unspecified atom stereocenters. The number of rotatable bonds is 4. The number of nitrogen functional groups attached to an aromatic ring is 1. The fraction of sp³-hybridized carbons (Fsp3) is 0. The summed E-state index contributed by atoms with van der Waals surface area (Å²) in [6.45, 7) is 0. The van der Waals surface area contributed by atoms with Crippen LogP contribution in [-0.4, -0.2) is 0 Å². The van der Waals surface area contributed by atoms with Gasteiger partial charge in [0.2, 0.25) is 0 Å². The first kappa shape index (κ1) is 27.5. The van der Waals surface area contributed by atoms with E-state index in [0.29, 0.717) is 0 Å². The van der Waals surface area contributed by atoms with Crippen molar-refractivity contribution in [2.45, 2.75) is 0 Å². The van der Waals surface area contributed by atoms with Crippen LogP contribution in [-0.2, 0) is 20.4 Å². The van der Waals surface area contributed by atoms with Gasteiger partial charge in [-0.05, 0) is 41.5 Å². The van der Waals surface area contributed by atoms with E-state index in [-0.39, 0.29) is 32.8 Å². The predicted octanol–water partition coefficient (Wildman–Crippen LogP) is 3.18. The van der Waals surface area contributed by atoms with Gasteiger partial charge in [-0.15, -0.1) is 0 Å². The molecule has 0 saturated heterocycles. The summed E-state index contributed by atoms with van der Waals surface area (Å²) < 4.78 is 0. The Bertz CT molecular complexity index is 1130. The van der Waals surface area contributed by atoms with Crippen LogP contribution in [0.1, 0.15) is 0 Å². The molecule has 4 heteroatoms. The summed E-state index contributed by atoms with van der Waals surface area (Å²) in [6.07, 6.45) is 0. The van der Waals surface area contributed by atoms with Crippen molar-refractivity contribution in [1.29, 1.82) is 0 Å². The van der Waals surface area contributed by atoms with Crippen LogP contribution in [0.4, 0.5) is 5.69 Å². The van der Waals surface area contributed by atoms with Gasteiger partial charge in [-0.2, -0.15) is 0 Å². The second-order valence-corrected chi connectivity index (χ2v) is 9.43. The van der Waals surface area contributed by atoms with Crippen molar-refractivity contribution in [2.75, 3.05) is 5.73 Å². The molecule has 5 aromatic rings. The first-order valence-corrected chi connectivity index (χ1v) is 11.9. The van der Waals surface area contributed by atoms with E-state index in [2.05, 4.69) is 97.1 Å². The number of benzene rings is 5. The summed E-state index contributed by atoms with van der Waals surface area (Å²) in [5.74, 6) is 0. The van der Waals surface area contributed by atoms with Gasteiger partial charge >= 0.3 is 0 Å². The Labute approximate surface area is 223 Å². The molecule has 0 aromatic heterocycles. The van der Waals surface area contributed by atoms with E-state index in [1.54, 1.807) is 0 Å². The van der Waals surface area contributed by atoms with Crippen molar-refractivity contribution in [3.05, 3.63) is 146 Å². The quantitative estimate of drug-likeness (QED) is 0.200. The van der Waals surface area contributed by atoms with E-state index >= 15 is 0 Å². The summed E-state index contributed by atoms with van der Waals surface area (Å²) >= 11 is 0. The topological polar surface area (TPSA) is 26.0 Å². The largest absolute Gasteiger partial charge is 1.00 e. The molecule has 0 aliphatic rings. The zero-order valence-corrected chi connectivity index (χ0v) is 21.7. The molecule has 0 aliphatic heterocycles. The van der Waals surface area contributed by atoms with Crippen LogP contribution in [0.3, 0.4) is 0 Å². The Morgan fingerprint density at radius 1 is 0.500 bits per heavy atom. The number of hydrogen-bond acceptors (Lipinski definition) is 1. The molecule has 173 valence electrons. The molecule has 0 heterocycles. The van der Waals surface area contributed by atoms with E-state index in [9.17, 15) is 0 Å². The predicted molar refractivity (Wildman–Crippen MR) is 140 cm³/mol. The van der Waals surface area contributed by atoms with Crippen molar-refractivity contribution in [2.24, 2.45) is 0 Å². The maximum atomic E-state index is 5.83. The average molecular weight is 572 g/mol. The first-order valence-electron chi connectivity index (χ1n) is 10.6. The van der Waals surface area contributed by atoms with E-state index in [1.165, 1.54) is 15.9 Å². The fourth-order valence-electron chi connectivity index (χ4n) is 3.48. The monoisotopic (exact) mass is 571 g/mol. The molecule has 34 heavy (non-hydrogen) atoms. The molecule has 0 spiro atoms. The van der Waals surface area contributed by atoms with E-state index < -0.39 is 7.92 Å². The number of para-hydroxylation sites is 1. The van der Waals surface area contributed by atoms with Crippen molar-refractivity contribution in [3.8, 4) is 11.1 Å². The standard InChI is InChI=1S/C18H15P.C12H10N.ClH.Pd/c1-4-10-16(11-5-1)19(17-12-6-2-7-13-17)18-14-8-3-9-15-18;13-12-9-5-4-8-11(12)10-6-2-1-3-7-10;;/h1-15H;1-6,8-9H,13H2;1H;/p-1. The third-order valence-corrected chi connectivity index (χ3v) is 7.45. The van der Waals surface area contributed by atoms with Gasteiger partial charge in [0.15, 0.2) is 0 Å². The average Bonchev–Trinajstić information content (AvgIpc) is 2.87. The Balaban J connectivity index is 0.000000241. The van der Waals surface area contributed by atoms with Crippen LogP contribution in [0.2, 0.25) is 0 Å². The third kappa shape index (κ3) is 7.39. The van der Waals surface area contributed by atoms with E-state index in [0.717, 1.165) is 16.8 Å². The fourth-order valence-corrected chi connectivity index (χ4v) is 5.79. The number of nitrogens with two attached hydrogens (primary N) is 1. The van der Waals surface area contributed by atoms with Crippen LogP contribution >= 0.6 is 7.92 Å².